The number of phenolic OH excluding ortho intramolecular Hbond substituents is 1. The van der Waals surface area contributed by atoms with Crippen LogP contribution in [0.4, 0.5) is 0 Å². The molecule has 2 unspecified atom stereocenters. The number of aryl methyl sites for hydroxylation is 2. The van der Waals surface area contributed by atoms with Gasteiger partial charge in [0.2, 0.25) is 0 Å². The first-order valence-corrected chi connectivity index (χ1v) is 8.30. The summed E-state index contributed by atoms with van der Waals surface area (Å²) in [5, 5.41) is 10.1. The maximum absolute atomic E-state index is 10.1. The maximum Gasteiger partial charge on any atom is 0.121 e. The predicted molar refractivity (Wildman–Crippen MR) is 91.6 cm³/mol. The van der Waals surface area contributed by atoms with Crippen molar-refractivity contribution in [2.75, 3.05) is 0 Å². The normalized spacial score (nSPS) is 15.5. The Morgan fingerprint density at radius 3 is 2.27 bits per heavy atom. The summed E-state index contributed by atoms with van der Waals surface area (Å²) in [6, 6.07) is 8.35. The Morgan fingerprint density at radius 2 is 1.82 bits per heavy atom. The molecular formula is C20H28O2. The Labute approximate surface area is 134 Å². The first-order valence-electron chi connectivity index (χ1n) is 8.30. The zero-order valence-corrected chi connectivity index (χ0v) is 14.4. The van der Waals surface area contributed by atoms with Crippen molar-refractivity contribution in [3.8, 4) is 5.75 Å². The van der Waals surface area contributed by atoms with Crippen molar-refractivity contribution in [1.29, 1.82) is 0 Å². The number of aromatic hydroxyl groups is 1. The van der Waals surface area contributed by atoms with Gasteiger partial charge in [0.15, 0.2) is 0 Å². The van der Waals surface area contributed by atoms with E-state index in [1.165, 1.54) is 5.56 Å². The van der Waals surface area contributed by atoms with Gasteiger partial charge in [-0.25, -0.2) is 0 Å². The smallest absolute Gasteiger partial charge is 0.121 e. The number of hydrogen-bond donors (Lipinski definition) is 1. The summed E-state index contributed by atoms with van der Waals surface area (Å²) in [5.41, 5.74) is 3.26. The maximum atomic E-state index is 10.1. The summed E-state index contributed by atoms with van der Waals surface area (Å²) in [6.07, 6.45) is 5.03. The SMILES string of the molecule is CCCC(CC)(c1cc(C)c(O)c(C)c1)C(C)c1ccco1. The molecule has 0 spiro atoms. The van der Waals surface area contributed by atoms with Gasteiger partial charge in [-0.15, -0.1) is 0 Å². The van der Waals surface area contributed by atoms with Gasteiger partial charge in [0.1, 0.15) is 11.5 Å². The Balaban J connectivity index is 2.58. The predicted octanol–water partition coefficient (Wildman–Crippen LogP) is 5.85. The summed E-state index contributed by atoms with van der Waals surface area (Å²) in [7, 11) is 0. The summed E-state index contributed by atoms with van der Waals surface area (Å²) in [5.74, 6) is 1.75. The molecule has 1 N–H and O–H groups in total. The molecule has 2 nitrogen and oxygen atoms in total. The molecule has 0 aliphatic heterocycles. The highest BCUT2D eigenvalue weighted by molar-refractivity contribution is 5.45. The van der Waals surface area contributed by atoms with Crippen molar-refractivity contribution >= 4 is 0 Å². The van der Waals surface area contributed by atoms with Crippen LogP contribution in [0.5, 0.6) is 5.75 Å². The third-order valence-electron chi connectivity index (χ3n) is 5.19. The second-order valence-electron chi connectivity index (χ2n) is 6.46. The zero-order chi connectivity index (χ0) is 16.3. The highest BCUT2D eigenvalue weighted by Crippen LogP contribution is 2.46. The molecule has 0 saturated heterocycles. The minimum Gasteiger partial charge on any atom is -0.507 e. The van der Waals surface area contributed by atoms with Crippen molar-refractivity contribution in [2.45, 2.75) is 65.2 Å². The highest BCUT2D eigenvalue weighted by Gasteiger charge is 2.38. The van der Waals surface area contributed by atoms with Crippen LogP contribution in [-0.2, 0) is 5.41 Å². The number of phenols is 1. The van der Waals surface area contributed by atoms with Crippen LogP contribution in [-0.4, -0.2) is 5.11 Å². The number of hydrogen-bond acceptors (Lipinski definition) is 2. The molecule has 0 amide bonds. The topological polar surface area (TPSA) is 33.4 Å². The van der Waals surface area contributed by atoms with Gasteiger partial charge in [0, 0.05) is 11.3 Å². The molecule has 0 saturated carbocycles. The second kappa shape index (κ2) is 6.60. The van der Waals surface area contributed by atoms with Crippen LogP contribution in [0.3, 0.4) is 0 Å². The van der Waals surface area contributed by atoms with E-state index >= 15 is 0 Å². The van der Waals surface area contributed by atoms with Gasteiger partial charge in [-0.05, 0) is 55.5 Å². The quantitative estimate of drug-likeness (QED) is 0.725. The summed E-state index contributed by atoms with van der Waals surface area (Å²) < 4.78 is 5.71. The average molecular weight is 300 g/mol. The van der Waals surface area contributed by atoms with Crippen molar-refractivity contribution in [2.24, 2.45) is 0 Å². The Bertz CT molecular complexity index is 590. The van der Waals surface area contributed by atoms with E-state index < -0.39 is 0 Å². The average Bonchev–Trinajstić information content (AvgIpc) is 3.03. The molecular weight excluding hydrogens is 272 g/mol. The van der Waals surface area contributed by atoms with Gasteiger partial charge in [-0.3, -0.25) is 0 Å². The Kier molecular flexibility index (Phi) is 5.00. The molecule has 0 aliphatic rings. The zero-order valence-electron chi connectivity index (χ0n) is 14.4. The number of benzene rings is 1. The molecule has 2 heteroatoms. The van der Waals surface area contributed by atoms with Crippen LogP contribution in [0.15, 0.2) is 34.9 Å². The van der Waals surface area contributed by atoms with Gasteiger partial charge >= 0.3 is 0 Å². The third-order valence-corrected chi connectivity index (χ3v) is 5.19. The van der Waals surface area contributed by atoms with Gasteiger partial charge in [0.05, 0.1) is 6.26 Å². The third kappa shape index (κ3) is 2.79. The van der Waals surface area contributed by atoms with Crippen LogP contribution >= 0.6 is 0 Å². The van der Waals surface area contributed by atoms with Crippen LogP contribution in [0.25, 0.3) is 0 Å². The first kappa shape index (κ1) is 16.7. The molecule has 0 bridgehead atoms. The van der Waals surface area contributed by atoms with Crippen molar-refractivity contribution < 1.29 is 9.52 Å². The van der Waals surface area contributed by atoms with Gasteiger partial charge in [0.25, 0.3) is 0 Å². The molecule has 2 rings (SSSR count). The van der Waals surface area contributed by atoms with Gasteiger partial charge in [-0.1, -0.05) is 39.3 Å². The van der Waals surface area contributed by atoms with E-state index in [9.17, 15) is 5.11 Å². The van der Waals surface area contributed by atoms with Gasteiger partial charge in [-0.2, -0.15) is 0 Å². The van der Waals surface area contributed by atoms with E-state index in [0.717, 1.165) is 36.1 Å². The lowest BCUT2D eigenvalue weighted by molar-refractivity contribution is 0.283. The van der Waals surface area contributed by atoms with Crippen molar-refractivity contribution in [1.82, 2.24) is 0 Å². The van der Waals surface area contributed by atoms with E-state index in [4.69, 9.17) is 4.42 Å². The molecule has 22 heavy (non-hydrogen) atoms. The standard InChI is InChI=1S/C20H28O2/c1-6-10-20(7-2,16(5)18-9-8-11-22-18)17-12-14(3)19(21)15(4)13-17/h8-9,11-13,16,21H,6-7,10H2,1-5H3. The van der Waals surface area contributed by atoms with E-state index in [1.54, 1.807) is 6.26 Å². The van der Waals surface area contributed by atoms with Crippen LogP contribution in [0, 0.1) is 13.8 Å². The molecule has 1 aromatic carbocycles. The molecule has 0 radical (unpaired) electrons. The lowest BCUT2D eigenvalue weighted by Gasteiger charge is -2.39. The second-order valence-corrected chi connectivity index (χ2v) is 6.46. The number of rotatable bonds is 6. The fourth-order valence-corrected chi connectivity index (χ4v) is 3.80. The van der Waals surface area contributed by atoms with Gasteiger partial charge < -0.3 is 9.52 Å². The molecule has 0 fully saturated rings. The van der Waals surface area contributed by atoms with E-state index in [-0.39, 0.29) is 5.41 Å². The molecule has 2 aromatic rings. The summed E-state index contributed by atoms with van der Waals surface area (Å²) in [6.45, 7) is 10.7. The molecule has 1 heterocycles. The summed E-state index contributed by atoms with van der Waals surface area (Å²) >= 11 is 0. The van der Waals surface area contributed by atoms with E-state index in [0.29, 0.717) is 11.7 Å². The molecule has 1 aromatic heterocycles. The minimum atomic E-state index is 0.0375. The molecule has 2 atom stereocenters. The number of furan rings is 1. The molecule has 120 valence electrons. The van der Waals surface area contributed by atoms with Crippen LogP contribution < -0.4 is 0 Å². The lowest BCUT2D eigenvalue weighted by Crippen LogP contribution is -2.32. The van der Waals surface area contributed by atoms with Crippen LogP contribution in [0.2, 0.25) is 0 Å². The van der Waals surface area contributed by atoms with E-state index in [2.05, 4.69) is 39.0 Å². The van der Waals surface area contributed by atoms with Crippen LogP contribution in [0.1, 0.15) is 68.4 Å². The summed E-state index contributed by atoms with van der Waals surface area (Å²) in [4.78, 5) is 0. The molecule has 0 aliphatic carbocycles. The largest absolute Gasteiger partial charge is 0.507 e. The van der Waals surface area contributed by atoms with Crippen molar-refractivity contribution in [3.63, 3.8) is 0 Å². The van der Waals surface area contributed by atoms with Crippen molar-refractivity contribution in [3.05, 3.63) is 53.0 Å². The Hall–Kier alpha value is -1.70. The highest BCUT2D eigenvalue weighted by atomic mass is 16.3. The Morgan fingerprint density at radius 1 is 1.18 bits per heavy atom. The monoisotopic (exact) mass is 300 g/mol. The van der Waals surface area contributed by atoms with E-state index in [1.807, 2.05) is 19.9 Å². The first-order chi connectivity index (χ1) is 10.5. The minimum absolute atomic E-state index is 0.0375. The lowest BCUT2D eigenvalue weighted by atomic mass is 9.65. The fourth-order valence-electron chi connectivity index (χ4n) is 3.80. The fraction of sp³-hybridized carbons (Fsp3) is 0.500.